The maximum Gasteiger partial charge on any atom is 0.345 e. The van der Waals surface area contributed by atoms with Crippen LogP contribution in [0.3, 0.4) is 0 Å². The van der Waals surface area contributed by atoms with E-state index in [0.29, 0.717) is 24.1 Å². The molecule has 0 spiro atoms. The van der Waals surface area contributed by atoms with Gasteiger partial charge in [-0.2, -0.15) is 0 Å². The fourth-order valence-corrected chi connectivity index (χ4v) is 4.74. The van der Waals surface area contributed by atoms with Crippen LogP contribution < -0.4 is 0 Å². The maximum atomic E-state index is 11.0. The smallest absolute Gasteiger partial charge is 0.345 e. The summed E-state index contributed by atoms with van der Waals surface area (Å²) in [6, 6.07) is 3.51. The third kappa shape index (κ3) is 6.85. The highest BCUT2D eigenvalue weighted by Crippen LogP contribution is 2.40. The van der Waals surface area contributed by atoms with Gasteiger partial charge in [0.05, 0.1) is 18.3 Å². The molecule has 1 heterocycles. The largest absolute Gasteiger partial charge is 0.477 e. The highest BCUT2D eigenvalue weighted by atomic mass is 32.1. The van der Waals surface area contributed by atoms with Gasteiger partial charge < -0.3 is 20.4 Å². The molecule has 0 unspecified atom stereocenters. The number of aromatic carboxylic acids is 1. The molecule has 0 saturated heterocycles. The zero-order valence-electron chi connectivity index (χ0n) is 16.5. The Morgan fingerprint density at radius 2 is 2.07 bits per heavy atom. The third-order valence-electron chi connectivity index (χ3n) is 5.39. The number of carboxylic acids is 1. The summed E-state index contributed by atoms with van der Waals surface area (Å²) in [6.07, 6.45) is 7.50. The monoisotopic (exact) mass is 408 g/mol. The zero-order valence-corrected chi connectivity index (χ0v) is 17.3. The van der Waals surface area contributed by atoms with Crippen LogP contribution in [-0.4, -0.2) is 44.7 Å². The quantitative estimate of drug-likeness (QED) is 0.418. The SMILES string of the molecule is C=C1C[C@@H](O)[C@H](C=C[C@@H](O)CCC[C@@H](C)O)[C@H]1CCCc1ccc(C(=O)O)s1. The number of aliphatic hydroxyl groups excluding tert-OH is 3. The molecule has 5 atom stereocenters. The fraction of sp³-hybridized carbons (Fsp3) is 0.591. The van der Waals surface area contributed by atoms with Crippen molar-refractivity contribution in [2.45, 2.75) is 70.2 Å². The second-order valence-electron chi connectivity index (χ2n) is 7.81. The first-order chi connectivity index (χ1) is 13.3. The maximum absolute atomic E-state index is 11.0. The number of rotatable bonds is 11. The molecule has 1 aromatic heterocycles. The van der Waals surface area contributed by atoms with Gasteiger partial charge >= 0.3 is 5.97 Å². The van der Waals surface area contributed by atoms with Crippen molar-refractivity contribution in [2.75, 3.05) is 0 Å². The Morgan fingerprint density at radius 3 is 2.71 bits per heavy atom. The van der Waals surface area contributed by atoms with Gasteiger partial charge in [0, 0.05) is 10.8 Å². The molecule has 1 saturated carbocycles. The van der Waals surface area contributed by atoms with Crippen molar-refractivity contribution >= 4 is 17.3 Å². The van der Waals surface area contributed by atoms with Crippen LogP contribution in [0.25, 0.3) is 0 Å². The van der Waals surface area contributed by atoms with Gasteiger partial charge in [-0.15, -0.1) is 11.3 Å². The van der Waals surface area contributed by atoms with Gasteiger partial charge in [0.1, 0.15) is 4.88 Å². The number of thiophene rings is 1. The highest BCUT2D eigenvalue weighted by molar-refractivity contribution is 7.13. The molecule has 0 radical (unpaired) electrons. The van der Waals surface area contributed by atoms with Crippen LogP contribution in [0.1, 0.15) is 60.0 Å². The number of hydrogen-bond acceptors (Lipinski definition) is 5. The number of aryl methyl sites for hydroxylation is 1. The van der Waals surface area contributed by atoms with Gasteiger partial charge in [-0.1, -0.05) is 24.3 Å². The van der Waals surface area contributed by atoms with Crippen LogP contribution in [0.15, 0.2) is 36.4 Å². The molecule has 2 rings (SSSR count). The van der Waals surface area contributed by atoms with Crippen LogP contribution in [0.5, 0.6) is 0 Å². The van der Waals surface area contributed by atoms with Gasteiger partial charge in [-0.25, -0.2) is 4.79 Å². The Labute approximate surface area is 171 Å². The summed E-state index contributed by atoms with van der Waals surface area (Å²) in [5.74, 6) is -0.757. The Morgan fingerprint density at radius 1 is 1.32 bits per heavy atom. The van der Waals surface area contributed by atoms with E-state index in [-0.39, 0.29) is 17.9 Å². The summed E-state index contributed by atoms with van der Waals surface area (Å²) in [5, 5.41) is 38.8. The summed E-state index contributed by atoms with van der Waals surface area (Å²) >= 11 is 1.31. The van der Waals surface area contributed by atoms with E-state index in [1.54, 1.807) is 19.1 Å². The van der Waals surface area contributed by atoms with Crippen molar-refractivity contribution in [3.63, 3.8) is 0 Å². The van der Waals surface area contributed by atoms with E-state index in [0.717, 1.165) is 36.1 Å². The molecular formula is C22H32O5S. The minimum atomic E-state index is -0.888. The van der Waals surface area contributed by atoms with Crippen molar-refractivity contribution < 1.29 is 25.2 Å². The second kappa shape index (κ2) is 10.9. The average Bonchev–Trinajstić information content (AvgIpc) is 3.18. The van der Waals surface area contributed by atoms with Crippen LogP contribution >= 0.6 is 11.3 Å². The van der Waals surface area contributed by atoms with Crippen LogP contribution in [0.4, 0.5) is 0 Å². The van der Waals surface area contributed by atoms with Crippen LogP contribution in [0, 0.1) is 11.8 Å². The Balaban J connectivity index is 1.85. The molecule has 6 heteroatoms. The lowest BCUT2D eigenvalue weighted by Gasteiger charge is -2.19. The predicted molar refractivity (Wildman–Crippen MR) is 112 cm³/mol. The summed E-state index contributed by atoms with van der Waals surface area (Å²) in [5.41, 5.74) is 1.04. The molecule has 0 aliphatic heterocycles. The van der Waals surface area contributed by atoms with E-state index in [1.807, 2.05) is 12.1 Å². The number of hydrogen-bond donors (Lipinski definition) is 4. The van der Waals surface area contributed by atoms with Crippen molar-refractivity contribution in [1.29, 1.82) is 0 Å². The second-order valence-corrected chi connectivity index (χ2v) is 8.98. The Bertz CT molecular complexity index is 678. The number of carbonyl (C=O) groups is 1. The van der Waals surface area contributed by atoms with Gasteiger partial charge in [-0.3, -0.25) is 0 Å². The van der Waals surface area contributed by atoms with Crippen molar-refractivity contribution in [1.82, 2.24) is 0 Å². The van der Waals surface area contributed by atoms with Crippen molar-refractivity contribution in [2.24, 2.45) is 11.8 Å². The van der Waals surface area contributed by atoms with E-state index in [1.165, 1.54) is 11.3 Å². The summed E-state index contributed by atoms with van der Waals surface area (Å²) in [7, 11) is 0. The van der Waals surface area contributed by atoms with Gasteiger partial charge in [0.2, 0.25) is 0 Å². The van der Waals surface area contributed by atoms with Crippen molar-refractivity contribution in [3.05, 3.63) is 46.2 Å². The molecule has 0 amide bonds. The topological polar surface area (TPSA) is 98.0 Å². The van der Waals surface area contributed by atoms with Gasteiger partial charge in [-0.05, 0) is 69.9 Å². The standard InChI is InChI=1S/C22H32O5S/c1-14-13-20(25)19(11-9-16(24)6-3-5-15(2)23)18(14)8-4-7-17-10-12-21(28-17)22(26)27/h9-12,15-16,18-20,23-25H,1,3-8,13H2,2H3,(H,26,27)/t15-,16+,18+,19-,20-/m1/s1. The molecule has 156 valence electrons. The van der Waals surface area contributed by atoms with Crippen molar-refractivity contribution in [3.8, 4) is 0 Å². The van der Waals surface area contributed by atoms with E-state index in [2.05, 4.69) is 6.58 Å². The first-order valence-electron chi connectivity index (χ1n) is 10.00. The molecule has 1 fully saturated rings. The number of aliphatic hydroxyl groups is 3. The fourth-order valence-electron chi connectivity index (χ4n) is 3.85. The molecule has 1 aromatic rings. The van der Waals surface area contributed by atoms with E-state index >= 15 is 0 Å². The molecule has 4 N–H and O–H groups in total. The average molecular weight is 409 g/mol. The minimum Gasteiger partial charge on any atom is -0.477 e. The van der Waals surface area contributed by atoms with Crippen LogP contribution in [-0.2, 0) is 6.42 Å². The van der Waals surface area contributed by atoms with E-state index in [9.17, 15) is 20.1 Å². The highest BCUT2D eigenvalue weighted by Gasteiger charge is 2.35. The molecule has 0 aromatic carbocycles. The van der Waals surface area contributed by atoms with E-state index in [4.69, 9.17) is 5.11 Å². The summed E-state index contributed by atoms with van der Waals surface area (Å²) in [4.78, 5) is 12.4. The molecule has 0 bridgehead atoms. The molecular weight excluding hydrogens is 376 g/mol. The van der Waals surface area contributed by atoms with Crippen LogP contribution in [0.2, 0.25) is 0 Å². The minimum absolute atomic E-state index is 0.0446. The first-order valence-corrected chi connectivity index (χ1v) is 10.8. The summed E-state index contributed by atoms with van der Waals surface area (Å²) < 4.78 is 0. The Hall–Kier alpha value is -1.47. The lowest BCUT2D eigenvalue weighted by molar-refractivity contribution is 0.0702. The third-order valence-corrected chi connectivity index (χ3v) is 6.53. The lowest BCUT2D eigenvalue weighted by Crippen LogP contribution is -2.18. The summed E-state index contributed by atoms with van der Waals surface area (Å²) in [6.45, 7) is 5.87. The van der Waals surface area contributed by atoms with Gasteiger partial charge in [0.15, 0.2) is 0 Å². The molecule has 5 nitrogen and oxygen atoms in total. The van der Waals surface area contributed by atoms with Gasteiger partial charge in [0.25, 0.3) is 0 Å². The normalized spacial score (nSPS) is 24.7. The molecule has 1 aliphatic carbocycles. The number of carboxylic acid groups (broad SMARTS) is 1. The Kier molecular flexibility index (Phi) is 8.89. The van der Waals surface area contributed by atoms with E-state index < -0.39 is 18.2 Å². The lowest BCUT2D eigenvalue weighted by atomic mass is 9.87. The zero-order chi connectivity index (χ0) is 20.7. The predicted octanol–water partition coefficient (Wildman–Crippen LogP) is 3.79. The molecule has 1 aliphatic rings. The first kappa shape index (κ1) is 22.8. The molecule has 28 heavy (non-hydrogen) atoms.